The van der Waals surface area contributed by atoms with Gasteiger partial charge < -0.3 is 20.7 Å². The van der Waals surface area contributed by atoms with E-state index in [2.05, 4.69) is 22.1 Å². The fraction of sp³-hybridized carbons (Fsp3) is 0.583. The Bertz CT molecular complexity index is 390. The Hall–Kier alpha value is -0.750. The second kappa shape index (κ2) is 8.43. The molecule has 1 aliphatic rings. The van der Waals surface area contributed by atoms with Gasteiger partial charge >= 0.3 is 0 Å². The number of nitrogens with zero attached hydrogens (tertiary/aromatic N) is 2. The van der Waals surface area contributed by atoms with Gasteiger partial charge in [-0.25, -0.2) is 4.98 Å². The van der Waals surface area contributed by atoms with Crippen molar-refractivity contribution in [3.63, 3.8) is 0 Å². The Kier molecular flexibility index (Phi) is 8.09. The minimum absolute atomic E-state index is 0. The normalized spacial score (nSPS) is 18.4. The summed E-state index contributed by atoms with van der Waals surface area (Å²) < 4.78 is 5.19. The Morgan fingerprint density at radius 2 is 2.26 bits per heavy atom. The summed E-state index contributed by atoms with van der Waals surface area (Å²) in [6.45, 7) is 5.71. The Balaban J connectivity index is 0.00000162. The molecule has 0 aromatic carbocycles. The monoisotopic (exact) mass is 308 g/mol. The van der Waals surface area contributed by atoms with Crippen LogP contribution in [0.3, 0.4) is 0 Å². The molecule has 3 N–H and O–H groups in total. The number of rotatable bonds is 3. The van der Waals surface area contributed by atoms with Crippen molar-refractivity contribution in [2.75, 3.05) is 44.0 Å². The number of nitrogen functional groups attached to an aromatic ring is 1. The molecule has 1 atom stereocenters. The van der Waals surface area contributed by atoms with Crippen molar-refractivity contribution in [2.24, 2.45) is 0 Å². The van der Waals surface area contributed by atoms with Gasteiger partial charge in [0.05, 0.1) is 18.5 Å². The number of aryl methyl sites for hydroxylation is 1. The van der Waals surface area contributed by atoms with Gasteiger partial charge in [-0.05, 0) is 18.6 Å². The van der Waals surface area contributed by atoms with Gasteiger partial charge in [0.1, 0.15) is 5.82 Å². The summed E-state index contributed by atoms with van der Waals surface area (Å²) in [4.78, 5) is 6.51. The zero-order valence-electron chi connectivity index (χ0n) is 11.3. The zero-order valence-corrected chi connectivity index (χ0v) is 12.9. The largest absolute Gasteiger partial charge is 0.384 e. The van der Waals surface area contributed by atoms with Crippen molar-refractivity contribution in [1.29, 1.82) is 0 Å². The zero-order chi connectivity index (χ0) is 12.3. The fourth-order valence-electron chi connectivity index (χ4n) is 2.26. The van der Waals surface area contributed by atoms with Crippen molar-refractivity contribution < 1.29 is 4.74 Å². The lowest BCUT2D eigenvalue weighted by molar-refractivity contribution is 0.163. The number of pyridine rings is 1. The summed E-state index contributed by atoms with van der Waals surface area (Å²) >= 11 is 0. The average molecular weight is 309 g/mol. The van der Waals surface area contributed by atoms with Crippen molar-refractivity contribution in [2.45, 2.75) is 13.0 Å². The predicted molar refractivity (Wildman–Crippen MR) is 83.8 cm³/mol. The Morgan fingerprint density at radius 1 is 1.53 bits per heavy atom. The molecular weight excluding hydrogens is 287 g/mol. The molecule has 5 nitrogen and oxygen atoms in total. The highest BCUT2D eigenvalue weighted by molar-refractivity contribution is 5.85. The summed E-state index contributed by atoms with van der Waals surface area (Å²) in [5.41, 5.74) is 8.01. The summed E-state index contributed by atoms with van der Waals surface area (Å²) in [5.74, 6) is 0.579. The molecule has 0 aliphatic carbocycles. The lowest BCUT2D eigenvalue weighted by atomic mass is 10.1. The molecule has 0 radical (unpaired) electrons. The van der Waals surface area contributed by atoms with Gasteiger partial charge in [-0.1, -0.05) is 0 Å². The molecule has 0 spiro atoms. The number of methoxy groups -OCH3 is 1. The van der Waals surface area contributed by atoms with Gasteiger partial charge in [0.25, 0.3) is 0 Å². The van der Waals surface area contributed by atoms with E-state index in [4.69, 9.17) is 10.5 Å². The first-order valence-electron chi connectivity index (χ1n) is 5.90. The van der Waals surface area contributed by atoms with Crippen LogP contribution in [0.1, 0.15) is 5.56 Å². The maximum Gasteiger partial charge on any atom is 0.123 e. The van der Waals surface area contributed by atoms with Crippen LogP contribution < -0.4 is 16.0 Å². The number of nitrogens with two attached hydrogens (primary N) is 1. The highest BCUT2D eigenvalue weighted by atomic mass is 35.5. The third-order valence-electron chi connectivity index (χ3n) is 3.07. The SMILES string of the molecule is COC[C@H]1CN(c2cnc(N)cc2C)CCN1.Cl.Cl. The molecule has 0 unspecified atom stereocenters. The molecule has 0 amide bonds. The lowest BCUT2D eigenvalue weighted by Gasteiger charge is -2.35. The molecule has 1 aromatic rings. The predicted octanol–water partition coefficient (Wildman–Crippen LogP) is 1.24. The first kappa shape index (κ1) is 18.2. The highest BCUT2D eigenvalue weighted by Gasteiger charge is 2.20. The maximum atomic E-state index is 5.67. The van der Waals surface area contributed by atoms with Crippen LogP contribution in [0.4, 0.5) is 11.5 Å². The first-order valence-corrected chi connectivity index (χ1v) is 5.90. The summed E-state index contributed by atoms with van der Waals surface area (Å²) in [6.07, 6.45) is 1.86. The molecule has 1 fully saturated rings. The van der Waals surface area contributed by atoms with Gasteiger partial charge in [0.2, 0.25) is 0 Å². The van der Waals surface area contributed by atoms with E-state index in [9.17, 15) is 0 Å². The van der Waals surface area contributed by atoms with Gasteiger partial charge in [-0.3, -0.25) is 0 Å². The van der Waals surface area contributed by atoms with Crippen LogP contribution >= 0.6 is 24.8 Å². The number of halogens is 2. The Labute approximate surface area is 126 Å². The van der Waals surface area contributed by atoms with Crippen LogP contribution in [0.5, 0.6) is 0 Å². The summed E-state index contributed by atoms with van der Waals surface area (Å²) in [5, 5.41) is 3.44. The van der Waals surface area contributed by atoms with E-state index in [1.54, 1.807) is 7.11 Å². The van der Waals surface area contributed by atoms with Crippen LogP contribution in [-0.2, 0) is 4.74 Å². The van der Waals surface area contributed by atoms with Crippen molar-refractivity contribution in [3.8, 4) is 0 Å². The van der Waals surface area contributed by atoms with E-state index in [-0.39, 0.29) is 24.8 Å². The summed E-state index contributed by atoms with van der Waals surface area (Å²) in [6, 6.07) is 2.30. The van der Waals surface area contributed by atoms with Gasteiger partial charge in [-0.15, -0.1) is 24.8 Å². The number of ether oxygens (including phenoxy) is 1. The second-order valence-corrected chi connectivity index (χ2v) is 4.45. The number of hydrogen-bond acceptors (Lipinski definition) is 5. The molecular formula is C12H22Cl2N4O. The van der Waals surface area contributed by atoms with Crippen LogP contribution in [0.15, 0.2) is 12.3 Å². The standard InChI is InChI=1S/C12H20N4O.2ClH/c1-9-5-12(13)15-6-11(9)16-4-3-14-10(7-16)8-17-2;;/h5-6,10,14H,3-4,7-8H2,1-2H3,(H2,13,15);2*1H/t10-;;/m1../s1. The van der Waals surface area contributed by atoms with Gasteiger partial charge in [0, 0.05) is 32.8 Å². The summed E-state index contributed by atoms with van der Waals surface area (Å²) in [7, 11) is 1.73. The van der Waals surface area contributed by atoms with E-state index in [1.165, 1.54) is 11.3 Å². The topological polar surface area (TPSA) is 63.4 Å². The molecule has 1 aliphatic heterocycles. The minimum Gasteiger partial charge on any atom is -0.384 e. The number of hydrogen-bond donors (Lipinski definition) is 2. The lowest BCUT2D eigenvalue weighted by Crippen LogP contribution is -2.52. The molecule has 7 heteroatoms. The second-order valence-electron chi connectivity index (χ2n) is 4.45. The smallest absolute Gasteiger partial charge is 0.123 e. The molecule has 0 bridgehead atoms. The molecule has 2 rings (SSSR count). The van der Waals surface area contributed by atoms with E-state index in [1.807, 2.05) is 12.3 Å². The van der Waals surface area contributed by atoms with Crippen molar-refractivity contribution >= 4 is 36.3 Å². The van der Waals surface area contributed by atoms with E-state index >= 15 is 0 Å². The van der Waals surface area contributed by atoms with Crippen molar-refractivity contribution in [3.05, 3.63) is 17.8 Å². The quantitative estimate of drug-likeness (QED) is 0.879. The third kappa shape index (κ3) is 4.69. The number of aromatic nitrogens is 1. The third-order valence-corrected chi connectivity index (χ3v) is 3.07. The molecule has 19 heavy (non-hydrogen) atoms. The fourth-order valence-corrected chi connectivity index (χ4v) is 2.26. The number of piperazine rings is 1. The van der Waals surface area contributed by atoms with Gasteiger partial charge in [-0.2, -0.15) is 0 Å². The maximum absolute atomic E-state index is 5.67. The van der Waals surface area contributed by atoms with E-state index < -0.39 is 0 Å². The number of anilines is 2. The highest BCUT2D eigenvalue weighted by Crippen LogP contribution is 2.21. The van der Waals surface area contributed by atoms with Crippen LogP contribution in [0.2, 0.25) is 0 Å². The Morgan fingerprint density at radius 3 is 2.89 bits per heavy atom. The molecule has 2 heterocycles. The van der Waals surface area contributed by atoms with E-state index in [0.717, 1.165) is 26.2 Å². The number of nitrogens with one attached hydrogen (secondary N) is 1. The molecule has 110 valence electrons. The minimum atomic E-state index is 0. The van der Waals surface area contributed by atoms with Crippen LogP contribution in [0, 0.1) is 6.92 Å². The van der Waals surface area contributed by atoms with Crippen LogP contribution in [-0.4, -0.2) is 44.4 Å². The molecule has 1 aromatic heterocycles. The molecule has 0 saturated carbocycles. The first-order chi connectivity index (χ1) is 8.20. The molecule has 1 saturated heterocycles. The van der Waals surface area contributed by atoms with Crippen LogP contribution in [0.25, 0.3) is 0 Å². The van der Waals surface area contributed by atoms with Gasteiger partial charge in [0.15, 0.2) is 0 Å². The average Bonchev–Trinajstić information content (AvgIpc) is 2.29. The van der Waals surface area contributed by atoms with Crippen molar-refractivity contribution in [1.82, 2.24) is 10.3 Å². The van der Waals surface area contributed by atoms with E-state index in [0.29, 0.717) is 11.9 Å².